The number of nitrogens with zero attached hydrogens (tertiary/aromatic N) is 3. The van der Waals surface area contributed by atoms with Crippen molar-refractivity contribution < 1.29 is 9.47 Å². The fraction of sp³-hybridized carbons (Fsp3) is 0.267. The second-order valence-corrected chi connectivity index (χ2v) is 9.80. The van der Waals surface area contributed by atoms with E-state index in [4.69, 9.17) is 26.7 Å². The van der Waals surface area contributed by atoms with Gasteiger partial charge in [-0.25, -0.2) is 0 Å². The molecule has 190 valence electrons. The van der Waals surface area contributed by atoms with E-state index in [0.29, 0.717) is 10.9 Å². The molecule has 0 saturated carbocycles. The van der Waals surface area contributed by atoms with E-state index in [1.54, 1.807) is 14.2 Å². The van der Waals surface area contributed by atoms with Gasteiger partial charge in [0.05, 0.1) is 37.7 Å². The Balaban J connectivity index is 1.72. The summed E-state index contributed by atoms with van der Waals surface area (Å²) in [6.07, 6.45) is 1.83. The Morgan fingerprint density at radius 1 is 0.892 bits per heavy atom. The SMILES string of the molecule is COc1ccc(N2C(=S)N[C@H](c3ccccn3)[C@H]2c2cc(C)n(-c3cccc(C)c3C)c2C)c(OC)c1. The van der Waals surface area contributed by atoms with Crippen LogP contribution in [0.25, 0.3) is 5.69 Å². The van der Waals surface area contributed by atoms with Gasteiger partial charge in [0.25, 0.3) is 0 Å². The van der Waals surface area contributed by atoms with Gasteiger partial charge in [0.15, 0.2) is 5.11 Å². The van der Waals surface area contributed by atoms with Crippen molar-refractivity contribution in [1.82, 2.24) is 14.9 Å². The smallest absolute Gasteiger partial charge is 0.174 e. The third-order valence-electron chi connectivity index (χ3n) is 7.35. The molecule has 2 atom stereocenters. The molecule has 1 aliphatic heterocycles. The zero-order chi connectivity index (χ0) is 26.3. The number of thiocarbonyl (C=S) groups is 1. The fourth-order valence-electron chi connectivity index (χ4n) is 5.35. The maximum atomic E-state index is 5.95. The minimum Gasteiger partial charge on any atom is -0.497 e. The Bertz CT molecular complexity index is 1460. The van der Waals surface area contributed by atoms with Gasteiger partial charge in [-0.1, -0.05) is 18.2 Å². The molecule has 0 unspecified atom stereocenters. The molecule has 3 heterocycles. The summed E-state index contributed by atoms with van der Waals surface area (Å²) in [5.74, 6) is 1.42. The average molecular weight is 513 g/mol. The van der Waals surface area contributed by atoms with E-state index in [1.807, 2.05) is 42.6 Å². The summed E-state index contributed by atoms with van der Waals surface area (Å²) >= 11 is 5.95. The van der Waals surface area contributed by atoms with Gasteiger partial charge in [0.2, 0.25) is 0 Å². The predicted octanol–water partition coefficient (Wildman–Crippen LogP) is 6.30. The number of methoxy groups -OCH3 is 2. The number of rotatable bonds is 6. The first-order valence-electron chi connectivity index (χ1n) is 12.3. The van der Waals surface area contributed by atoms with Crippen molar-refractivity contribution in [1.29, 1.82) is 0 Å². The average Bonchev–Trinajstić information content (AvgIpc) is 3.40. The van der Waals surface area contributed by atoms with Crippen molar-refractivity contribution in [2.24, 2.45) is 0 Å². The van der Waals surface area contributed by atoms with Crippen LogP contribution in [-0.2, 0) is 0 Å². The lowest BCUT2D eigenvalue weighted by atomic mass is 9.96. The molecule has 0 spiro atoms. The van der Waals surface area contributed by atoms with Crippen molar-refractivity contribution in [3.05, 3.63) is 101 Å². The van der Waals surface area contributed by atoms with E-state index in [2.05, 4.69) is 66.7 Å². The summed E-state index contributed by atoms with van der Waals surface area (Å²) in [4.78, 5) is 6.86. The van der Waals surface area contributed by atoms with Gasteiger partial charge in [-0.3, -0.25) is 4.98 Å². The van der Waals surface area contributed by atoms with Crippen LogP contribution in [0.5, 0.6) is 11.5 Å². The molecule has 0 aliphatic carbocycles. The molecule has 0 amide bonds. The molecule has 1 fully saturated rings. The molecule has 37 heavy (non-hydrogen) atoms. The van der Waals surface area contributed by atoms with Crippen LogP contribution in [0.1, 0.15) is 45.9 Å². The van der Waals surface area contributed by atoms with Crippen molar-refractivity contribution in [3.63, 3.8) is 0 Å². The Labute approximate surface area is 223 Å². The quantitative estimate of drug-likeness (QED) is 0.306. The summed E-state index contributed by atoms with van der Waals surface area (Å²) in [7, 11) is 3.32. The van der Waals surface area contributed by atoms with Crippen LogP contribution in [0.4, 0.5) is 5.69 Å². The number of nitrogens with one attached hydrogen (secondary N) is 1. The summed E-state index contributed by atoms with van der Waals surface area (Å²) in [6, 6.07) is 20.3. The van der Waals surface area contributed by atoms with Crippen molar-refractivity contribution >= 4 is 23.0 Å². The number of hydrogen-bond donors (Lipinski definition) is 1. The van der Waals surface area contributed by atoms with Gasteiger partial charge in [-0.15, -0.1) is 0 Å². The third kappa shape index (κ3) is 4.23. The summed E-state index contributed by atoms with van der Waals surface area (Å²) in [5, 5.41) is 4.19. The molecule has 1 N–H and O–H groups in total. The van der Waals surface area contributed by atoms with E-state index in [1.165, 1.54) is 33.8 Å². The molecule has 1 saturated heterocycles. The lowest BCUT2D eigenvalue weighted by Crippen LogP contribution is -2.30. The topological polar surface area (TPSA) is 51.5 Å². The van der Waals surface area contributed by atoms with E-state index in [-0.39, 0.29) is 12.1 Å². The Morgan fingerprint density at radius 2 is 1.70 bits per heavy atom. The number of aromatic nitrogens is 2. The first kappa shape index (κ1) is 24.8. The van der Waals surface area contributed by atoms with Crippen molar-refractivity contribution in [3.8, 4) is 17.2 Å². The molecule has 0 bridgehead atoms. The van der Waals surface area contributed by atoms with Crippen molar-refractivity contribution in [2.45, 2.75) is 39.8 Å². The van der Waals surface area contributed by atoms with Crippen LogP contribution >= 0.6 is 12.2 Å². The number of anilines is 1. The van der Waals surface area contributed by atoms with Crippen LogP contribution in [0.3, 0.4) is 0 Å². The maximum absolute atomic E-state index is 5.95. The molecule has 2 aromatic carbocycles. The molecule has 4 aromatic rings. The molecular formula is C30H32N4O2S. The van der Waals surface area contributed by atoms with Crippen molar-refractivity contribution in [2.75, 3.05) is 19.1 Å². The molecule has 0 radical (unpaired) electrons. The maximum Gasteiger partial charge on any atom is 0.174 e. The standard InChI is InChI=1S/C30H32N4O2S/c1-18-10-9-12-25(20(18)3)33-19(2)16-23(21(33)4)29-28(24-11-7-8-15-31-24)32-30(37)34(29)26-14-13-22(35-5)17-27(26)36-6/h7-17,28-29H,1-6H3,(H,32,37)/t28-,29-/m1/s1. The number of aryl methyl sites for hydroxylation is 2. The lowest BCUT2D eigenvalue weighted by Gasteiger charge is -2.29. The fourth-order valence-corrected chi connectivity index (χ4v) is 5.69. The molecule has 7 heteroatoms. The van der Waals surface area contributed by atoms with Crippen LogP contribution in [0, 0.1) is 27.7 Å². The molecule has 2 aromatic heterocycles. The zero-order valence-corrected chi connectivity index (χ0v) is 22.9. The second kappa shape index (κ2) is 9.90. The van der Waals surface area contributed by atoms with Gasteiger partial charge in [-0.2, -0.15) is 0 Å². The summed E-state index contributed by atoms with van der Waals surface area (Å²) in [6.45, 7) is 8.68. The first-order chi connectivity index (χ1) is 17.8. The highest BCUT2D eigenvalue weighted by molar-refractivity contribution is 7.80. The van der Waals surface area contributed by atoms with Gasteiger partial charge in [-0.05, 0) is 93.0 Å². The predicted molar refractivity (Wildman–Crippen MR) is 152 cm³/mol. The van der Waals surface area contributed by atoms with Gasteiger partial charge in [0.1, 0.15) is 11.5 Å². The van der Waals surface area contributed by atoms with E-state index in [9.17, 15) is 0 Å². The summed E-state index contributed by atoms with van der Waals surface area (Å²) < 4.78 is 13.6. The first-order valence-corrected chi connectivity index (χ1v) is 12.7. The highest BCUT2D eigenvalue weighted by atomic mass is 32.1. The normalized spacial score (nSPS) is 17.1. The minimum absolute atomic E-state index is 0.144. The lowest BCUT2D eigenvalue weighted by molar-refractivity contribution is 0.394. The van der Waals surface area contributed by atoms with Gasteiger partial charge < -0.3 is 24.3 Å². The van der Waals surface area contributed by atoms with E-state index >= 15 is 0 Å². The van der Waals surface area contributed by atoms with Gasteiger partial charge in [0, 0.05) is 29.3 Å². The Hall–Kier alpha value is -3.84. The Morgan fingerprint density at radius 3 is 2.41 bits per heavy atom. The van der Waals surface area contributed by atoms with Crippen LogP contribution in [0.2, 0.25) is 0 Å². The minimum atomic E-state index is -0.145. The van der Waals surface area contributed by atoms with Crippen LogP contribution in [-0.4, -0.2) is 28.9 Å². The summed E-state index contributed by atoms with van der Waals surface area (Å²) in [5.41, 5.74) is 9.05. The molecule has 6 nitrogen and oxygen atoms in total. The molecule has 1 aliphatic rings. The van der Waals surface area contributed by atoms with E-state index in [0.717, 1.165) is 17.1 Å². The van der Waals surface area contributed by atoms with Crippen LogP contribution < -0.4 is 19.7 Å². The number of ether oxygens (including phenoxy) is 2. The third-order valence-corrected chi connectivity index (χ3v) is 7.66. The van der Waals surface area contributed by atoms with Crippen LogP contribution in [0.15, 0.2) is 66.9 Å². The Kier molecular flexibility index (Phi) is 6.65. The van der Waals surface area contributed by atoms with E-state index < -0.39 is 0 Å². The molecular weight excluding hydrogens is 480 g/mol. The second-order valence-electron chi connectivity index (χ2n) is 9.42. The zero-order valence-electron chi connectivity index (χ0n) is 22.1. The number of benzene rings is 2. The molecule has 5 rings (SSSR count). The monoisotopic (exact) mass is 512 g/mol. The van der Waals surface area contributed by atoms with Gasteiger partial charge >= 0.3 is 0 Å². The largest absolute Gasteiger partial charge is 0.497 e. The number of hydrogen-bond acceptors (Lipinski definition) is 4. The highest BCUT2D eigenvalue weighted by Gasteiger charge is 2.43. The number of pyridine rings is 1. The highest BCUT2D eigenvalue weighted by Crippen LogP contribution is 2.47.